The molecule has 1 fully saturated rings. The maximum atomic E-state index is 12.1. The average molecular weight is 287 g/mol. The Hall–Kier alpha value is -1.34. The van der Waals surface area contributed by atoms with Crippen LogP contribution in [0.2, 0.25) is 0 Å². The van der Waals surface area contributed by atoms with Gasteiger partial charge in [-0.3, -0.25) is 4.79 Å². The summed E-state index contributed by atoms with van der Waals surface area (Å²) in [5, 5.41) is 21.4. The second kappa shape index (κ2) is 6.41. The van der Waals surface area contributed by atoms with E-state index in [2.05, 4.69) is 5.32 Å². The highest BCUT2D eigenvalue weighted by atomic mass is 16.4. The van der Waals surface area contributed by atoms with Gasteiger partial charge in [0.1, 0.15) is 0 Å². The topological polar surface area (TPSA) is 93.1 Å². The zero-order valence-electron chi connectivity index (χ0n) is 12.6. The summed E-state index contributed by atoms with van der Waals surface area (Å²) >= 11 is 0. The molecule has 1 heterocycles. The van der Waals surface area contributed by atoms with Gasteiger partial charge in [-0.1, -0.05) is 0 Å². The third-order valence-electron chi connectivity index (χ3n) is 3.49. The molecule has 0 aromatic heterocycles. The van der Waals surface area contributed by atoms with Crippen LogP contribution in [0.4, 0.5) is 4.79 Å². The molecule has 0 spiro atoms. The molecule has 0 aromatic carbocycles. The van der Waals surface area contributed by atoms with Crippen LogP contribution in [0.5, 0.6) is 0 Å². The zero-order valence-corrected chi connectivity index (χ0v) is 12.6. The number of carboxylic acids is 1. The maximum absolute atomic E-state index is 12.1. The molecule has 7 heteroatoms. The van der Waals surface area contributed by atoms with E-state index in [0.717, 1.165) is 0 Å². The van der Waals surface area contributed by atoms with E-state index in [-0.39, 0.29) is 25.2 Å². The Balaban J connectivity index is 2.59. The first-order valence-corrected chi connectivity index (χ1v) is 6.74. The minimum Gasteiger partial charge on any atom is -0.481 e. The van der Waals surface area contributed by atoms with Crippen molar-refractivity contribution in [2.24, 2.45) is 5.41 Å². The van der Waals surface area contributed by atoms with E-state index < -0.39 is 17.5 Å². The molecular formula is C13H25N3O4. The number of β-amino-alcohol motifs (C(OH)–C–C–N with tert-alkyl or cyclic N) is 1. The number of aliphatic carboxylic acids is 1. The monoisotopic (exact) mass is 287 g/mol. The fourth-order valence-electron chi connectivity index (χ4n) is 2.21. The van der Waals surface area contributed by atoms with E-state index in [1.807, 2.05) is 19.0 Å². The SMILES string of the molecule is CN(C)CC1CC(O)CN1C(=O)NCC(C)(C)C(=O)O. The highest BCUT2D eigenvalue weighted by molar-refractivity contribution is 5.78. The third kappa shape index (κ3) is 4.35. The summed E-state index contributed by atoms with van der Waals surface area (Å²) in [6.07, 6.45) is 0.0340. The number of hydrogen-bond donors (Lipinski definition) is 3. The van der Waals surface area contributed by atoms with Crippen LogP contribution in [0, 0.1) is 5.41 Å². The molecule has 1 aliphatic heterocycles. The molecule has 1 rings (SSSR count). The van der Waals surface area contributed by atoms with E-state index in [9.17, 15) is 14.7 Å². The van der Waals surface area contributed by atoms with Crippen LogP contribution in [-0.4, -0.2) is 77.9 Å². The fraction of sp³-hybridized carbons (Fsp3) is 0.846. The normalized spacial score (nSPS) is 23.2. The van der Waals surface area contributed by atoms with E-state index in [1.165, 1.54) is 0 Å². The lowest BCUT2D eigenvalue weighted by Crippen LogP contribution is -2.49. The fourth-order valence-corrected chi connectivity index (χ4v) is 2.21. The number of nitrogens with one attached hydrogen (secondary N) is 1. The first-order chi connectivity index (χ1) is 9.13. The van der Waals surface area contributed by atoms with Gasteiger partial charge < -0.3 is 25.3 Å². The van der Waals surface area contributed by atoms with Gasteiger partial charge in [-0.15, -0.1) is 0 Å². The molecule has 1 aliphatic rings. The van der Waals surface area contributed by atoms with Crippen LogP contribution in [0.3, 0.4) is 0 Å². The van der Waals surface area contributed by atoms with Gasteiger partial charge in [0.05, 0.1) is 11.5 Å². The summed E-state index contributed by atoms with van der Waals surface area (Å²) in [7, 11) is 3.82. The molecule has 3 N–H and O–H groups in total. The Kier molecular flexibility index (Phi) is 5.35. The van der Waals surface area contributed by atoms with Crippen LogP contribution in [0.25, 0.3) is 0 Å². The highest BCUT2D eigenvalue weighted by Gasteiger charge is 2.35. The number of amides is 2. The molecule has 20 heavy (non-hydrogen) atoms. The van der Waals surface area contributed by atoms with Crippen molar-refractivity contribution < 1.29 is 19.8 Å². The van der Waals surface area contributed by atoms with Crippen molar-refractivity contribution in [2.45, 2.75) is 32.4 Å². The smallest absolute Gasteiger partial charge is 0.317 e. The number of aliphatic hydroxyl groups excluding tert-OH is 1. The largest absolute Gasteiger partial charge is 0.481 e. The van der Waals surface area contributed by atoms with Crippen molar-refractivity contribution in [3.8, 4) is 0 Å². The summed E-state index contributed by atoms with van der Waals surface area (Å²) < 4.78 is 0. The molecular weight excluding hydrogens is 262 g/mol. The lowest BCUT2D eigenvalue weighted by molar-refractivity contribution is -0.146. The Bertz CT molecular complexity index is 371. The quantitative estimate of drug-likeness (QED) is 0.651. The summed E-state index contributed by atoms with van der Waals surface area (Å²) in [5.74, 6) is -0.955. The van der Waals surface area contributed by atoms with Crippen LogP contribution < -0.4 is 5.32 Å². The summed E-state index contributed by atoms with van der Waals surface area (Å²) in [6, 6.07) is -0.365. The minimum atomic E-state index is -1.01. The van der Waals surface area contributed by atoms with Crippen LogP contribution in [0.15, 0.2) is 0 Å². The predicted molar refractivity (Wildman–Crippen MR) is 74.5 cm³/mol. The number of urea groups is 1. The number of rotatable bonds is 5. The van der Waals surface area contributed by atoms with Crippen LogP contribution in [0.1, 0.15) is 20.3 Å². The standard InChI is InChI=1S/C13H25N3O4/c1-13(2,11(18)19)8-14-12(20)16-7-10(17)5-9(16)6-15(3)4/h9-10,17H,5-8H2,1-4H3,(H,14,20)(H,18,19). The Labute approximate surface area is 119 Å². The van der Waals surface area contributed by atoms with E-state index in [1.54, 1.807) is 18.7 Å². The van der Waals surface area contributed by atoms with E-state index in [4.69, 9.17) is 5.11 Å². The van der Waals surface area contributed by atoms with Gasteiger partial charge in [0.15, 0.2) is 0 Å². The maximum Gasteiger partial charge on any atom is 0.317 e. The molecule has 1 saturated heterocycles. The molecule has 2 atom stereocenters. The van der Waals surface area contributed by atoms with Gasteiger partial charge in [0, 0.05) is 25.7 Å². The van der Waals surface area contributed by atoms with Gasteiger partial charge in [-0.05, 0) is 34.4 Å². The second-order valence-corrected chi connectivity index (χ2v) is 6.31. The van der Waals surface area contributed by atoms with Crippen molar-refractivity contribution >= 4 is 12.0 Å². The number of aliphatic hydroxyl groups is 1. The highest BCUT2D eigenvalue weighted by Crippen LogP contribution is 2.19. The van der Waals surface area contributed by atoms with Gasteiger partial charge >= 0.3 is 12.0 Å². The van der Waals surface area contributed by atoms with Gasteiger partial charge in [0.2, 0.25) is 0 Å². The number of carboxylic acid groups (broad SMARTS) is 1. The predicted octanol–water partition coefficient (Wildman–Crippen LogP) is -0.196. The van der Waals surface area contributed by atoms with Gasteiger partial charge in [0.25, 0.3) is 0 Å². The van der Waals surface area contributed by atoms with Crippen molar-refractivity contribution in [3.63, 3.8) is 0 Å². The van der Waals surface area contributed by atoms with Crippen LogP contribution in [-0.2, 0) is 4.79 Å². The molecule has 0 radical (unpaired) electrons. The first-order valence-electron chi connectivity index (χ1n) is 6.74. The van der Waals surface area contributed by atoms with Gasteiger partial charge in [-0.2, -0.15) is 0 Å². The molecule has 0 aromatic rings. The number of carbonyl (C=O) groups is 2. The molecule has 116 valence electrons. The Morgan fingerprint density at radius 1 is 1.40 bits per heavy atom. The van der Waals surface area contributed by atoms with Crippen molar-refractivity contribution in [1.29, 1.82) is 0 Å². The number of likely N-dealkylation sites (tertiary alicyclic amines) is 1. The lowest BCUT2D eigenvalue weighted by Gasteiger charge is -2.28. The lowest BCUT2D eigenvalue weighted by atomic mass is 9.94. The zero-order chi connectivity index (χ0) is 15.5. The number of nitrogens with zero attached hydrogens (tertiary/aromatic N) is 2. The van der Waals surface area contributed by atoms with E-state index in [0.29, 0.717) is 13.0 Å². The van der Waals surface area contributed by atoms with Crippen molar-refractivity contribution in [3.05, 3.63) is 0 Å². The molecule has 2 unspecified atom stereocenters. The molecule has 0 bridgehead atoms. The summed E-state index contributed by atoms with van der Waals surface area (Å²) in [5.41, 5.74) is -1.01. The number of carbonyl (C=O) groups excluding carboxylic acids is 1. The van der Waals surface area contributed by atoms with Crippen LogP contribution >= 0.6 is 0 Å². The summed E-state index contributed by atoms with van der Waals surface area (Å²) in [4.78, 5) is 26.7. The minimum absolute atomic E-state index is 0.0482. The third-order valence-corrected chi connectivity index (χ3v) is 3.49. The number of hydrogen-bond acceptors (Lipinski definition) is 4. The Morgan fingerprint density at radius 3 is 2.50 bits per heavy atom. The molecule has 2 amide bonds. The second-order valence-electron chi connectivity index (χ2n) is 6.31. The van der Waals surface area contributed by atoms with Crippen molar-refractivity contribution in [1.82, 2.24) is 15.1 Å². The molecule has 7 nitrogen and oxygen atoms in total. The summed E-state index contributed by atoms with van der Waals surface area (Å²) in [6.45, 7) is 4.14. The van der Waals surface area contributed by atoms with Gasteiger partial charge in [-0.25, -0.2) is 4.79 Å². The van der Waals surface area contributed by atoms with E-state index >= 15 is 0 Å². The molecule has 0 aliphatic carbocycles. The average Bonchev–Trinajstić information content (AvgIpc) is 2.66. The van der Waals surface area contributed by atoms with Crippen molar-refractivity contribution in [2.75, 3.05) is 33.7 Å². The molecule has 0 saturated carbocycles. The first kappa shape index (κ1) is 16.7. The Morgan fingerprint density at radius 2 is 2.00 bits per heavy atom. The number of likely N-dealkylation sites (N-methyl/N-ethyl adjacent to an activating group) is 1.